The van der Waals surface area contributed by atoms with E-state index >= 15 is 0 Å². The molecular weight excluding hydrogens is 340 g/mol. The first-order valence-electron chi connectivity index (χ1n) is 6.53. The second-order valence-corrected chi connectivity index (χ2v) is 5.76. The Morgan fingerprint density at radius 3 is 2.38 bits per heavy atom. The number of hydrogen-bond donors (Lipinski definition) is 2. The minimum absolute atomic E-state index is 0.0739. The molecule has 0 saturated carbocycles. The molecule has 2 unspecified atom stereocenters. The third-order valence-corrected chi connectivity index (χ3v) is 4.57. The van der Waals surface area contributed by atoms with Crippen molar-refractivity contribution in [3.05, 3.63) is 69.2 Å². The number of halogens is 3. The van der Waals surface area contributed by atoms with Crippen molar-refractivity contribution in [3.63, 3.8) is 0 Å². The van der Waals surface area contributed by atoms with E-state index in [1.165, 1.54) is 12.1 Å². The SMILES string of the molecule is Cc1cccc(C(O)C(CN)c2cc(F)cc(F)c2)c1Br. The molecule has 3 N–H and O–H groups in total. The van der Waals surface area contributed by atoms with Crippen LogP contribution in [0.4, 0.5) is 8.78 Å². The zero-order chi connectivity index (χ0) is 15.6. The zero-order valence-electron chi connectivity index (χ0n) is 11.5. The van der Waals surface area contributed by atoms with E-state index in [1.807, 2.05) is 19.1 Å². The maximum absolute atomic E-state index is 13.4. The molecule has 0 fully saturated rings. The highest BCUT2D eigenvalue weighted by molar-refractivity contribution is 9.10. The minimum atomic E-state index is -0.953. The van der Waals surface area contributed by atoms with Gasteiger partial charge in [0.15, 0.2) is 0 Å². The summed E-state index contributed by atoms with van der Waals surface area (Å²) in [6, 6.07) is 8.69. The van der Waals surface area contributed by atoms with E-state index < -0.39 is 23.7 Å². The summed E-state index contributed by atoms with van der Waals surface area (Å²) in [5, 5.41) is 10.6. The van der Waals surface area contributed by atoms with Crippen LogP contribution in [0.2, 0.25) is 0 Å². The Bertz CT molecular complexity index is 628. The highest BCUT2D eigenvalue weighted by Gasteiger charge is 2.24. The quantitative estimate of drug-likeness (QED) is 0.875. The van der Waals surface area contributed by atoms with Gasteiger partial charge in [-0.3, -0.25) is 0 Å². The van der Waals surface area contributed by atoms with Gasteiger partial charge in [-0.05, 0) is 35.7 Å². The largest absolute Gasteiger partial charge is 0.388 e. The number of nitrogens with two attached hydrogens (primary N) is 1. The van der Waals surface area contributed by atoms with Crippen molar-refractivity contribution in [2.45, 2.75) is 18.9 Å². The van der Waals surface area contributed by atoms with Gasteiger partial charge in [-0.2, -0.15) is 0 Å². The number of rotatable bonds is 4. The lowest BCUT2D eigenvalue weighted by molar-refractivity contribution is 0.146. The molecule has 0 heterocycles. The molecule has 0 aromatic heterocycles. The van der Waals surface area contributed by atoms with Crippen LogP contribution in [0.5, 0.6) is 0 Å². The lowest BCUT2D eigenvalue weighted by Gasteiger charge is -2.24. The van der Waals surface area contributed by atoms with Crippen molar-refractivity contribution >= 4 is 15.9 Å². The molecule has 0 aliphatic carbocycles. The van der Waals surface area contributed by atoms with Gasteiger partial charge in [0, 0.05) is 23.0 Å². The number of aliphatic hydroxyl groups is 1. The molecule has 0 aliphatic rings. The van der Waals surface area contributed by atoms with Crippen molar-refractivity contribution in [1.82, 2.24) is 0 Å². The maximum atomic E-state index is 13.4. The summed E-state index contributed by atoms with van der Waals surface area (Å²) in [4.78, 5) is 0. The molecule has 2 aromatic carbocycles. The molecule has 5 heteroatoms. The second kappa shape index (κ2) is 6.64. The van der Waals surface area contributed by atoms with Gasteiger partial charge >= 0.3 is 0 Å². The Morgan fingerprint density at radius 2 is 1.81 bits per heavy atom. The van der Waals surface area contributed by atoms with Gasteiger partial charge < -0.3 is 10.8 Å². The molecule has 0 saturated heterocycles. The van der Waals surface area contributed by atoms with Crippen LogP contribution in [0.25, 0.3) is 0 Å². The Hall–Kier alpha value is -1.30. The second-order valence-electron chi connectivity index (χ2n) is 4.97. The Kier molecular flexibility index (Phi) is 5.08. The van der Waals surface area contributed by atoms with Crippen molar-refractivity contribution < 1.29 is 13.9 Å². The number of aliphatic hydroxyl groups excluding tert-OH is 1. The summed E-state index contributed by atoms with van der Waals surface area (Å²) in [6.45, 7) is 1.98. The molecule has 0 aliphatic heterocycles. The van der Waals surface area contributed by atoms with Gasteiger partial charge in [-0.15, -0.1) is 0 Å². The summed E-state index contributed by atoms with van der Waals surface area (Å²) >= 11 is 3.43. The number of benzene rings is 2. The molecule has 0 radical (unpaired) electrons. The molecule has 0 bridgehead atoms. The van der Waals surface area contributed by atoms with Crippen LogP contribution in [0.1, 0.15) is 28.7 Å². The number of hydrogen-bond acceptors (Lipinski definition) is 2. The standard InChI is InChI=1S/C16H16BrF2NO/c1-9-3-2-4-13(15(9)17)16(21)14(8-20)10-5-11(18)7-12(19)6-10/h2-7,14,16,21H,8,20H2,1H3. The van der Waals surface area contributed by atoms with Crippen LogP contribution in [0.15, 0.2) is 40.9 Å². The first-order chi connectivity index (χ1) is 9.93. The monoisotopic (exact) mass is 355 g/mol. The van der Waals surface area contributed by atoms with E-state index in [1.54, 1.807) is 6.07 Å². The van der Waals surface area contributed by atoms with Gasteiger partial charge in [0.2, 0.25) is 0 Å². The van der Waals surface area contributed by atoms with Crippen molar-refractivity contribution in [3.8, 4) is 0 Å². The van der Waals surface area contributed by atoms with E-state index in [9.17, 15) is 13.9 Å². The summed E-state index contributed by atoms with van der Waals surface area (Å²) in [7, 11) is 0. The Balaban J connectivity index is 2.43. The van der Waals surface area contributed by atoms with Crippen LogP contribution in [0, 0.1) is 18.6 Å². The minimum Gasteiger partial charge on any atom is -0.388 e. The zero-order valence-corrected chi connectivity index (χ0v) is 13.1. The molecular formula is C16H16BrF2NO. The lowest BCUT2D eigenvalue weighted by atomic mass is 9.88. The van der Waals surface area contributed by atoms with E-state index in [2.05, 4.69) is 15.9 Å². The Labute approximate surface area is 130 Å². The molecule has 0 spiro atoms. The van der Waals surface area contributed by atoms with Gasteiger partial charge in [0.25, 0.3) is 0 Å². The summed E-state index contributed by atoms with van der Waals surface area (Å²) in [5.41, 5.74) is 7.67. The van der Waals surface area contributed by atoms with Crippen LogP contribution in [-0.2, 0) is 0 Å². The van der Waals surface area contributed by atoms with Gasteiger partial charge in [-0.1, -0.05) is 34.1 Å². The predicted octanol–water partition coefficient (Wildman–Crippen LogP) is 3.81. The van der Waals surface area contributed by atoms with Crippen LogP contribution < -0.4 is 5.73 Å². The van der Waals surface area contributed by atoms with Gasteiger partial charge in [-0.25, -0.2) is 8.78 Å². The molecule has 21 heavy (non-hydrogen) atoms. The summed E-state index contributed by atoms with van der Waals surface area (Å²) < 4.78 is 27.5. The Morgan fingerprint density at radius 1 is 1.19 bits per heavy atom. The third kappa shape index (κ3) is 3.48. The molecule has 0 amide bonds. The predicted molar refractivity (Wildman–Crippen MR) is 82.0 cm³/mol. The van der Waals surface area contributed by atoms with Crippen LogP contribution in [-0.4, -0.2) is 11.7 Å². The van der Waals surface area contributed by atoms with Gasteiger partial charge in [0.05, 0.1) is 6.10 Å². The van der Waals surface area contributed by atoms with E-state index in [-0.39, 0.29) is 6.54 Å². The normalized spacial score (nSPS) is 14.0. The summed E-state index contributed by atoms with van der Waals surface area (Å²) in [5.74, 6) is -1.95. The van der Waals surface area contributed by atoms with E-state index in [0.29, 0.717) is 11.1 Å². The molecule has 2 aromatic rings. The highest BCUT2D eigenvalue weighted by atomic mass is 79.9. The van der Waals surface area contributed by atoms with E-state index in [0.717, 1.165) is 16.1 Å². The first kappa shape index (κ1) is 16.1. The van der Waals surface area contributed by atoms with Crippen molar-refractivity contribution in [2.75, 3.05) is 6.54 Å². The number of aryl methyl sites for hydroxylation is 1. The fourth-order valence-electron chi connectivity index (χ4n) is 2.35. The molecule has 112 valence electrons. The average molecular weight is 356 g/mol. The third-order valence-electron chi connectivity index (χ3n) is 3.49. The van der Waals surface area contributed by atoms with Crippen molar-refractivity contribution in [1.29, 1.82) is 0 Å². The van der Waals surface area contributed by atoms with Crippen molar-refractivity contribution in [2.24, 2.45) is 5.73 Å². The van der Waals surface area contributed by atoms with Crippen LogP contribution >= 0.6 is 15.9 Å². The van der Waals surface area contributed by atoms with E-state index in [4.69, 9.17) is 5.73 Å². The molecule has 2 atom stereocenters. The molecule has 2 nitrogen and oxygen atoms in total. The first-order valence-corrected chi connectivity index (χ1v) is 7.32. The molecule has 2 rings (SSSR count). The highest BCUT2D eigenvalue weighted by Crippen LogP contribution is 2.35. The fraction of sp³-hybridized carbons (Fsp3) is 0.250. The maximum Gasteiger partial charge on any atom is 0.126 e. The topological polar surface area (TPSA) is 46.2 Å². The average Bonchev–Trinajstić information content (AvgIpc) is 2.41. The van der Waals surface area contributed by atoms with Crippen LogP contribution in [0.3, 0.4) is 0 Å². The fourth-order valence-corrected chi connectivity index (χ4v) is 2.85. The smallest absolute Gasteiger partial charge is 0.126 e. The lowest BCUT2D eigenvalue weighted by Crippen LogP contribution is -2.21. The summed E-state index contributed by atoms with van der Waals surface area (Å²) in [6.07, 6.45) is -0.953. The van der Waals surface area contributed by atoms with Gasteiger partial charge in [0.1, 0.15) is 11.6 Å².